The van der Waals surface area contributed by atoms with Crippen LogP contribution in [0.4, 0.5) is 0 Å². The minimum absolute atomic E-state index is 0.0364. The van der Waals surface area contributed by atoms with Crippen LogP contribution in [-0.4, -0.2) is 38.6 Å². The van der Waals surface area contributed by atoms with Crippen LogP contribution >= 0.6 is 0 Å². The van der Waals surface area contributed by atoms with E-state index in [2.05, 4.69) is 0 Å². The van der Waals surface area contributed by atoms with Gasteiger partial charge < -0.3 is 15.3 Å². The number of hydrogen-bond acceptors (Lipinski definition) is 5. The summed E-state index contributed by atoms with van der Waals surface area (Å²) < 4.78 is 0. The Labute approximate surface area is 104 Å². The van der Waals surface area contributed by atoms with Crippen LogP contribution in [0.2, 0.25) is 0 Å². The minimum atomic E-state index is -1.86. The van der Waals surface area contributed by atoms with E-state index in [1.165, 1.54) is 26.0 Å². The Hall–Kier alpha value is -1.72. The highest BCUT2D eigenvalue weighted by Crippen LogP contribution is 2.33. The van der Waals surface area contributed by atoms with E-state index in [9.17, 15) is 24.9 Å². The fourth-order valence-corrected chi connectivity index (χ4v) is 2.12. The average molecular weight is 250 g/mol. The van der Waals surface area contributed by atoms with Gasteiger partial charge in [0.25, 0.3) is 0 Å². The number of benzene rings is 1. The second-order valence-electron chi connectivity index (χ2n) is 4.78. The molecule has 96 valence electrons. The number of hydrogen-bond donors (Lipinski definition) is 3. The first-order valence-corrected chi connectivity index (χ1v) is 5.57. The molecule has 5 nitrogen and oxygen atoms in total. The number of phenols is 1. The van der Waals surface area contributed by atoms with E-state index in [1.807, 2.05) is 0 Å². The zero-order valence-electron chi connectivity index (χ0n) is 10.1. The number of carbonyl (C=O) groups is 2. The lowest BCUT2D eigenvalue weighted by Crippen LogP contribution is -2.51. The second-order valence-corrected chi connectivity index (χ2v) is 4.78. The van der Waals surface area contributed by atoms with Gasteiger partial charge in [0, 0.05) is 12.0 Å². The molecule has 3 N–H and O–H groups in total. The molecule has 0 radical (unpaired) electrons. The highest BCUT2D eigenvalue weighted by Gasteiger charge is 2.44. The molecule has 2 rings (SSSR count). The van der Waals surface area contributed by atoms with Gasteiger partial charge in [-0.25, -0.2) is 0 Å². The van der Waals surface area contributed by atoms with Gasteiger partial charge in [-0.1, -0.05) is 0 Å². The first kappa shape index (κ1) is 12.7. The Balaban J connectivity index is 2.63. The molecule has 0 heterocycles. The van der Waals surface area contributed by atoms with Crippen LogP contribution in [-0.2, 0) is 6.42 Å². The van der Waals surface area contributed by atoms with Crippen molar-refractivity contribution in [3.63, 3.8) is 0 Å². The summed E-state index contributed by atoms with van der Waals surface area (Å²) in [6, 6.07) is 2.57. The molecule has 1 aromatic carbocycles. The van der Waals surface area contributed by atoms with Crippen LogP contribution in [0.15, 0.2) is 12.1 Å². The topological polar surface area (TPSA) is 94.8 Å². The minimum Gasteiger partial charge on any atom is -0.507 e. The van der Waals surface area contributed by atoms with Gasteiger partial charge in [0.2, 0.25) is 0 Å². The number of aliphatic hydroxyl groups excluding tert-OH is 1. The number of Topliss-reactive ketones (excluding diaryl/α,β-unsaturated/α-hetero) is 2. The van der Waals surface area contributed by atoms with E-state index in [-0.39, 0.29) is 29.1 Å². The van der Waals surface area contributed by atoms with Gasteiger partial charge in [-0.15, -0.1) is 0 Å². The standard InChI is InChI=1S/C13H14O5/c1-6(14)8-5-9-7(3-10(8)15)4-11(16)13(2,18)12(9)17/h3,5,11,15-16,18H,4H2,1-2H3/t11-,13+/m0/s1. The van der Waals surface area contributed by atoms with E-state index in [1.54, 1.807) is 0 Å². The maximum Gasteiger partial charge on any atom is 0.197 e. The van der Waals surface area contributed by atoms with Crippen molar-refractivity contribution < 1.29 is 24.9 Å². The van der Waals surface area contributed by atoms with Crippen molar-refractivity contribution in [1.82, 2.24) is 0 Å². The summed E-state index contributed by atoms with van der Waals surface area (Å²) in [5, 5.41) is 29.3. The molecule has 1 aliphatic rings. The molecule has 0 fully saturated rings. The second kappa shape index (κ2) is 3.90. The lowest BCUT2D eigenvalue weighted by molar-refractivity contribution is -0.0428. The monoisotopic (exact) mass is 250 g/mol. The smallest absolute Gasteiger partial charge is 0.197 e. The summed E-state index contributed by atoms with van der Waals surface area (Å²) in [7, 11) is 0. The van der Waals surface area contributed by atoms with Crippen LogP contribution in [0.3, 0.4) is 0 Å². The molecule has 2 atom stereocenters. The zero-order chi connectivity index (χ0) is 13.7. The molecule has 0 saturated heterocycles. The van der Waals surface area contributed by atoms with Gasteiger partial charge in [-0.3, -0.25) is 9.59 Å². The predicted octanol–water partition coefficient (Wildman–Crippen LogP) is 0.445. The number of fused-ring (bicyclic) bond motifs is 1. The third-order valence-corrected chi connectivity index (χ3v) is 3.37. The summed E-state index contributed by atoms with van der Waals surface area (Å²) in [4.78, 5) is 23.3. The Kier molecular flexibility index (Phi) is 2.76. The van der Waals surface area contributed by atoms with Crippen LogP contribution in [0, 0.1) is 0 Å². The number of aliphatic hydroxyl groups is 2. The van der Waals surface area contributed by atoms with E-state index < -0.39 is 17.5 Å². The molecule has 5 heteroatoms. The van der Waals surface area contributed by atoms with Crippen molar-refractivity contribution in [2.45, 2.75) is 32.0 Å². The van der Waals surface area contributed by atoms with Crippen LogP contribution in [0.5, 0.6) is 5.75 Å². The van der Waals surface area contributed by atoms with Crippen molar-refractivity contribution in [2.75, 3.05) is 0 Å². The molecule has 0 spiro atoms. The first-order valence-electron chi connectivity index (χ1n) is 5.57. The maximum atomic E-state index is 12.0. The van der Waals surface area contributed by atoms with Gasteiger partial charge in [0.05, 0.1) is 11.7 Å². The quantitative estimate of drug-likeness (QED) is 0.629. The van der Waals surface area contributed by atoms with E-state index >= 15 is 0 Å². The molecular formula is C13H14O5. The summed E-state index contributed by atoms with van der Waals surface area (Å²) in [5.41, 5.74) is -1.22. The molecule has 0 aliphatic heterocycles. The van der Waals surface area contributed by atoms with Gasteiger partial charge in [0.15, 0.2) is 17.2 Å². The average Bonchev–Trinajstić information content (AvgIpc) is 2.26. The molecule has 1 aliphatic carbocycles. The SMILES string of the molecule is CC(=O)c1cc2c(cc1O)C[C@H](O)[C@@](C)(O)C2=O. The number of ketones is 2. The van der Waals surface area contributed by atoms with E-state index in [4.69, 9.17) is 0 Å². The first-order chi connectivity index (χ1) is 8.25. The number of rotatable bonds is 1. The lowest BCUT2D eigenvalue weighted by Gasteiger charge is -2.33. The Bertz CT molecular complexity index is 545. The van der Waals surface area contributed by atoms with Crippen molar-refractivity contribution >= 4 is 11.6 Å². The lowest BCUT2D eigenvalue weighted by atomic mass is 9.77. The van der Waals surface area contributed by atoms with Gasteiger partial charge in [-0.05, 0) is 31.5 Å². The Morgan fingerprint density at radius 2 is 2.06 bits per heavy atom. The van der Waals surface area contributed by atoms with Crippen molar-refractivity contribution in [1.29, 1.82) is 0 Å². The Morgan fingerprint density at radius 1 is 1.44 bits per heavy atom. The van der Waals surface area contributed by atoms with Crippen molar-refractivity contribution in [2.24, 2.45) is 0 Å². The molecule has 1 aromatic rings. The predicted molar refractivity (Wildman–Crippen MR) is 62.8 cm³/mol. The number of carbonyl (C=O) groups excluding carboxylic acids is 2. The third-order valence-electron chi connectivity index (χ3n) is 3.37. The van der Waals surface area contributed by atoms with Crippen LogP contribution in [0.25, 0.3) is 0 Å². The summed E-state index contributed by atoms with van der Waals surface area (Å²) in [6.07, 6.45) is -1.17. The maximum absolute atomic E-state index is 12.0. The fraction of sp³-hybridized carbons (Fsp3) is 0.385. The third kappa shape index (κ3) is 1.72. The largest absolute Gasteiger partial charge is 0.507 e. The summed E-state index contributed by atoms with van der Waals surface area (Å²) in [5.74, 6) is -1.23. The molecular weight excluding hydrogens is 236 g/mol. The number of aromatic hydroxyl groups is 1. The molecule has 18 heavy (non-hydrogen) atoms. The van der Waals surface area contributed by atoms with Crippen LogP contribution in [0.1, 0.15) is 40.1 Å². The van der Waals surface area contributed by atoms with Gasteiger partial charge in [-0.2, -0.15) is 0 Å². The van der Waals surface area contributed by atoms with Crippen molar-refractivity contribution in [3.8, 4) is 5.75 Å². The zero-order valence-corrected chi connectivity index (χ0v) is 10.1. The van der Waals surface area contributed by atoms with Gasteiger partial charge >= 0.3 is 0 Å². The Morgan fingerprint density at radius 3 is 2.61 bits per heavy atom. The fourth-order valence-electron chi connectivity index (χ4n) is 2.12. The number of phenolic OH excluding ortho intramolecular Hbond substituents is 1. The van der Waals surface area contributed by atoms with E-state index in [0.717, 1.165) is 0 Å². The molecule has 0 bridgehead atoms. The molecule has 0 aromatic heterocycles. The van der Waals surface area contributed by atoms with E-state index in [0.29, 0.717) is 5.56 Å². The normalized spacial score (nSPS) is 26.9. The molecule has 0 saturated carbocycles. The summed E-state index contributed by atoms with van der Waals surface area (Å²) >= 11 is 0. The molecule has 0 unspecified atom stereocenters. The highest BCUT2D eigenvalue weighted by atomic mass is 16.3. The van der Waals surface area contributed by atoms with Crippen LogP contribution < -0.4 is 0 Å². The molecule has 0 amide bonds. The highest BCUT2D eigenvalue weighted by molar-refractivity contribution is 6.07. The van der Waals surface area contributed by atoms with Gasteiger partial charge in [0.1, 0.15) is 5.75 Å². The summed E-state index contributed by atoms with van der Waals surface area (Å²) in [6.45, 7) is 2.52. The van der Waals surface area contributed by atoms with Crippen molar-refractivity contribution in [3.05, 3.63) is 28.8 Å².